The maximum Gasteiger partial charge on any atom is 0.301 e. The molecule has 14 heteroatoms. The first-order valence-corrected chi connectivity index (χ1v) is 12.1. The Bertz CT molecular complexity index is 899. The number of thioether (sulfide) groups is 2. The Morgan fingerprint density at radius 3 is 2.00 bits per heavy atom. The Morgan fingerprint density at radius 1 is 0.920 bits per heavy atom. The number of hydrogen-bond acceptors (Lipinski definition) is 13. The average Bonchev–Trinajstić information content (AvgIpc) is 3.24. The van der Waals surface area contributed by atoms with Crippen molar-refractivity contribution in [1.29, 1.82) is 0 Å². The molecule has 3 aromatic rings. The molecule has 3 aromatic heterocycles. The standard InChI is InChI=1S/C11H8N6O2S6/c1-20-8-13-15-10(24-8)22-6-4-3-5(17(18)19)7(12-6)23-11-16-14-9(21-2)25-11/h3-4H,1-2H3. The summed E-state index contributed by atoms with van der Waals surface area (Å²) in [6.45, 7) is 0. The van der Waals surface area contributed by atoms with Crippen LogP contribution < -0.4 is 0 Å². The molecule has 8 nitrogen and oxygen atoms in total. The number of nitrogens with zero attached hydrogens (tertiary/aromatic N) is 6. The van der Waals surface area contributed by atoms with Crippen LogP contribution in [-0.2, 0) is 0 Å². The quantitative estimate of drug-likeness (QED) is 0.291. The summed E-state index contributed by atoms with van der Waals surface area (Å²) in [4.78, 5) is 15.2. The van der Waals surface area contributed by atoms with Gasteiger partial charge < -0.3 is 0 Å². The molecule has 0 unspecified atom stereocenters. The SMILES string of the molecule is CSc1nnc(Sc2ccc([N+](=O)[O-])c(Sc3nnc(SC)s3)n2)s1. The fourth-order valence-corrected chi connectivity index (χ4v) is 6.36. The number of aromatic nitrogens is 5. The Balaban J connectivity index is 1.87. The van der Waals surface area contributed by atoms with Gasteiger partial charge >= 0.3 is 5.69 Å². The minimum atomic E-state index is -0.447. The summed E-state index contributed by atoms with van der Waals surface area (Å²) in [6.07, 6.45) is 3.83. The van der Waals surface area contributed by atoms with Gasteiger partial charge in [0.2, 0.25) is 0 Å². The second-order valence-corrected chi connectivity index (χ2v) is 10.6. The molecule has 0 aliphatic heterocycles. The van der Waals surface area contributed by atoms with E-state index >= 15 is 0 Å². The summed E-state index contributed by atoms with van der Waals surface area (Å²) in [5.41, 5.74) is -0.0580. The van der Waals surface area contributed by atoms with E-state index in [-0.39, 0.29) is 10.7 Å². The molecule has 0 aliphatic carbocycles. The third kappa shape index (κ3) is 4.83. The number of rotatable bonds is 7. The van der Waals surface area contributed by atoms with Crippen molar-refractivity contribution in [2.75, 3.05) is 12.5 Å². The molecule has 3 heterocycles. The molecule has 0 amide bonds. The largest absolute Gasteiger partial charge is 0.301 e. The van der Waals surface area contributed by atoms with Gasteiger partial charge in [0.1, 0.15) is 5.03 Å². The molecule has 3 rings (SSSR count). The van der Waals surface area contributed by atoms with E-state index in [4.69, 9.17) is 0 Å². The van der Waals surface area contributed by atoms with Crippen LogP contribution in [0.25, 0.3) is 0 Å². The monoisotopic (exact) mass is 448 g/mol. The molecule has 0 radical (unpaired) electrons. The molecule has 0 N–H and O–H groups in total. The fourth-order valence-electron chi connectivity index (χ4n) is 1.50. The summed E-state index contributed by atoms with van der Waals surface area (Å²) < 4.78 is 3.01. The van der Waals surface area contributed by atoms with Crippen molar-refractivity contribution in [2.45, 2.75) is 27.4 Å². The van der Waals surface area contributed by atoms with Gasteiger partial charge in [0.05, 0.1) is 4.92 Å². The number of nitro groups is 1. The Hall–Kier alpha value is -0.930. The summed E-state index contributed by atoms with van der Waals surface area (Å²) >= 11 is 8.29. The van der Waals surface area contributed by atoms with Crippen LogP contribution in [0.15, 0.2) is 39.5 Å². The molecule has 0 aliphatic rings. The maximum absolute atomic E-state index is 11.3. The lowest BCUT2D eigenvalue weighted by Crippen LogP contribution is -1.94. The maximum atomic E-state index is 11.3. The van der Waals surface area contributed by atoms with E-state index < -0.39 is 4.92 Å². The molecule has 0 bridgehead atoms. The van der Waals surface area contributed by atoms with Gasteiger partial charge in [0.25, 0.3) is 0 Å². The Morgan fingerprint density at radius 2 is 1.48 bits per heavy atom. The van der Waals surface area contributed by atoms with Crippen molar-refractivity contribution >= 4 is 75.4 Å². The number of pyridine rings is 1. The summed E-state index contributed by atoms with van der Waals surface area (Å²) in [5, 5.41) is 28.3. The van der Waals surface area contributed by atoms with E-state index in [0.29, 0.717) is 9.37 Å². The van der Waals surface area contributed by atoms with Gasteiger partial charge in [0, 0.05) is 6.07 Å². The van der Waals surface area contributed by atoms with E-state index in [9.17, 15) is 10.1 Å². The predicted octanol–water partition coefficient (Wildman–Crippen LogP) is 4.44. The Labute approximate surface area is 167 Å². The van der Waals surface area contributed by atoms with Crippen LogP contribution in [0.3, 0.4) is 0 Å². The Kier molecular flexibility index (Phi) is 6.51. The van der Waals surface area contributed by atoms with Gasteiger partial charge in [-0.15, -0.1) is 20.4 Å². The van der Waals surface area contributed by atoms with Gasteiger partial charge in [0.15, 0.2) is 22.4 Å². The third-order valence-electron chi connectivity index (χ3n) is 2.51. The van der Waals surface area contributed by atoms with E-state index in [2.05, 4.69) is 25.4 Å². The van der Waals surface area contributed by atoms with Crippen molar-refractivity contribution in [3.8, 4) is 0 Å². The second kappa shape index (κ2) is 8.64. The summed E-state index contributed by atoms with van der Waals surface area (Å²) in [7, 11) is 0. The van der Waals surface area contributed by atoms with Crippen LogP contribution in [0.5, 0.6) is 0 Å². The van der Waals surface area contributed by atoms with E-state index in [1.807, 2.05) is 12.5 Å². The first kappa shape index (κ1) is 18.8. The highest BCUT2D eigenvalue weighted by Crippen LogP contribution is 2.39. The zero-order chi connectivity index (χ0) is 17.8. The van der Waals surface area contributed by atoms with Crippen molar-refractivity contribution in [1.82, 2.24) is 25.4 Å². The fraction of sp³-hybridized carbons (Fsp3) is 0.182. The average molecular weight is 449 g/mol. The number of hydrogen-bond donors (Lipinski definition) is 0. The van der Waals surface area contributed by atoms with Crippen molar-refractivity contribution in [3.63, 3.8) is 0 Å². The van der Waals surface area contributed by atoms with Crippen LogP contribution in [0.1, 0.15) is 0 Å². The van der Waals surface area contributed by atoms with Crippen molar-refractivity contribution in [3.05, 3.63) is 22.2 Å². The lowest BCUT2D eigenvalue weighted by atomic mass is 10.4. The van der Waals surface area contributed by atoms with E-state index in [0.717, 1.165) is 24.8 Å². The van der Waals surface area contributed by atoms with Gasteiger partial charge in [-0.25, -0.2) is 4.98 Å². The third-order valence-corrected chi connectivity index (χ3v) is 8.34. The highest BCUT2D eigenvalue weighted by atomic mass is 32.2. The van der Waals surface area contributed by atoms with Gasteiger partial charge in [-0.3, -0.25) is 10.1 Å². The molecule has 0 atom stereocenters. The molecule has 0 aromatic carbocycles. The van der Waals surface area contributed by atoms with Gasteiger partial charge in [-0.2, -0.15) is 0 Å². The van der Waals surface area contributed by atoms with E-state index in [1.54, 1.807) is 6.07 Å². The summed E-state index contributed by atoms with van der Waals surface area (Å²) in [5.74, 6) is 0. The van der Waals surface area contributed by atoms with E-state index in [1.165, 1.54) is 64.0 Å². The molecular weight excluding hydrogens is 441 g/mol. The van der Waals surface area contributed by atoms with Crippen LogP contribution in [0.2, 0.25) is 0 Å². The first-order valence-electron chi connectivity index (χ1n) is 6.35. The van der Waals surface area contributed by atoms with Crippen LogP contribution in [0.4, 0.5) is 5.69 Å². The molecule has 130 valence electrons. The topological polar surface area (TPSA) is 108 Å². The first-order chi connectivity index (χ1) is 12.1. The minimum absolute atomic E-state index is 0.0580. The lowest BCUT2D eigenvalue weighted by Gasteiger charge is -2.02. The second-order valence-electron chi connectivity index (χ2n) is 4.01. The van der Waals surface area contributed by atoms with Crippen LogP contribution in [0, 0.1) is 10.1 Å². The molecular formula is C11H8N6O2S6. The van der Waals surface area contributed by atoms with Crippen molar-refractivity contribution < 1.29 is 4.92 Å². The zero-order valence-corrected chi connectivity index (χ0v) is 17.5. The molecule has 0 saturated heterocycles. The van der Waals surface area contributed by atoms with Gasteiger partial charge in [-0.1, -0.05) is 46.2 Å². The summed E-state index contributed by atoms with van der Waals surface area (Å²) in [6, 6.07) is 3.06. The molecule has 0 spiro atoms. The molecule has 0 saturated carbocycles. The smallest absolute Gasteiger partial charge is 0.258 e. The van der Waals surface area contributed by atoms with Crippen LogP contribution in [-0.4, -0.2) is 42.8 Å². The van der Waals surface area contributed by atoms with Crippen LogP contribution >= 0.6 is 69.7 Å². The van der Waals surface area contributed by atoms with Crippen molar-refractivity contribution in [2.24, 2.45) is 0 Å². The van der Waals surface area contributed by atoms with Gasteiger partial charge in [-0.05, 0) is 42.1 Å². The highest BCUT2D eigenvalue weighted by Gasteiger charge is 2.20. The predicted molar refractivity (Wildman–Crippen MR) is 103 cm³/mol. The molecule has 25 heavy (non-hydrogen) atoms. The minimum Gasteiger partial charge on any atom is -0.258 e. The lowest BCUT2D eigenvalue weighted by molar-refractivity contribution is -0.388. The highest BCUT2D eigenvalue weighted by molar-refractivity contribution is 8.03. The molecule has 0 fully saturated rings. The normalized spacial score (nSPS) is 11.0. The zero-order valence-electron chi connectivity index (χ0n) is 12.6.